The molecule has 1 fully saturated rings. The fraction of sp³-hybridized carbons (Fsp3) is 0.385. The minimum Gasteiger partial charge on any atom is -0.326 e. The molecule has 1 heteroatoms. The van der Waals surface area contributed by atoms with Crippen LogP contribution in [-0.2, 0) is 6.54 Å². The molecule has 1 aliphatic rings. The average Bonchev–Trinajstić information content (AvgIpc) is 2.71. The van der Waals surface area contributed by atoms with Crippen molar-refractivity contribution in [1.29, 1.82) is 0 Å². The summed E-state index contributed by atoms with van der Waals surface area (Å²) in [5, 5.41) is 0. The molecule has 0 aliphatic heterocycles. The van der Waals surface area contributed by atoms with Crippen LogP contribution in [0.3, 0.4) is 0 Å². The maximum Gasteiger partial charge on any atom is 0.0178 e. The zero-order chi connectivity index (χ0) is 9.80. The number of hydrogen-bond acceptors (Lipinski definition) is 1. The molecular weight excluding hydrogens is 170 g/mol. The minimum atomic E-state index is 0.636. The van der Waals surface area contributed by atoms with Crippen LogP contribution in [0, 0.1) is 0 Å². The first-order valence-corrected chi connectivity index (χ1v) is 5.37. The summed E-state index contributed by atoms with van der Waals surface area (Å²) in [6.45, 7) is 0.636. The molecule has 0 spiro atoms. The van der Waals surface area contributed by atoms with Gasteiger partial charge < -0.3 is 5.73 Å². The Hall–Kier alpha value is -1.08. The normalized spacial score (nSPS) is 15.9. The Morgan fingerprint density at radius 1 is 1.21 bits per heavy atom. The zero-order valence-electron chi connectivity index (χ0n) is 8.50. The topological polar surface area (TPSA) is 26.0 Å². The van der Waals surface area contributed by atoms with Crippen LogP contribution in [-0.4, -0.2) is 0 Å². The van der Waals surface area contributed by atoms with Gasteiger partial charge in [0.1, 0.15) is 0 Å². The highest BCUT2D eigenvalue weighted by Crippen LogP contribution is 2.25. The zero-order valence-corrected chi connectivity index (χ0v) is 8.50. The summed E-state index contributed by atoms with van der Waals surface area (Å²) in [6, 6.07) is 8.51. The predicted molar refractivity (Wildman–Crippen MR) is 60.8 cm³/mol. The fourth-order valence-corrected chi connectivity index (χ4v) is 2.02. The van der Waals surface area contributed by atoms with Crippen LogP contribution in [0.5, 0.6) is 0 Å². The summed E-state index contributed by atoms with van der Waals surface area (Å²) in [7, 11) is 0. The standard InChI is InChI=1S/C13H17N/c14-10-13-7-3-6-12(9-13)8-11-4-1-2-5-11/h3,6-9H,1-2,4-5,10,14H2. The van der Waals surface area contributed by atoms with E-state index in [1.54, 1.807) is 5.57 Å². The van der Waals surface area contributed by atoms with Gasteiger partial charge in [0.25, 0.3) is 0 Å². The summed E-state index contributed by atoms with van der Waals surface area (Å²) in [4.78, 5) is 0. The lowest BCUT2D eigenvalue weighted by Crippen LogP contribution is -1.95. The molecule has 0 aromatic heterocycles. The van der Waals surface area contributed by atoms with E-state index in [9.17, 15) is 0 Å². The van der Waals surface area contributed by atoms with Gasteiger partial charge in [-0.25, -0.2) is 0 Å². The Kier molecular flexibility index (Phi) is 3.00. The van der Waals surface area contributed by atoms with Crippen molar-refractivity contribution in [3.8, 4) is 0 Å². The molecule has 0 bridgehead atoms. The van der Waals surface area contributed by atoms with Crippen molar-refractivity contribution in [2.45, 2.75) is 32.2 Å². The third kappa shape index (κ3) is 2.24. The Balaban J connectivity index is 2.19. The molecule has 1 aromatic carbocycles. The first-order chi connectivity index (χ1) is 6.88. The number of hydrogen-bond donors (Lipinski definition) is 1. The van der Waals surface area contributed by atoms with Crippen LogP contribution in [0.4, 0.5) is 0 Å². The van der Waals surface area contributed by atoms with Gasteiger partial charge in [0.2, 0.25) is 0 Å². The second kappa shape index (κ2) is 4.43. The monoisotopic (exact) mass is 187 g/mol. The minimum absolute atomic E-state index is 0.636. The number of rotatable bonds is 2. The quantitative estimate of drug-likeness (QED) is 0.756. The SMILES string of the molecule is NCc1cccc(C=C2CCCC2)c1. The predicted octanol–water partition coefficient (Wildman–Crippen LogP) is 3.10. The van der Waals surface area contributed by atoms with Crippen molar-refractivity contribution in [3.05, 3.63) is 41.0 Å². The molecule has 1 aromatic rings. The molecular formula is C13H17N. The molecule has 0 atom stereocenters. The Bertz CT molecular complexity index is 331. The maximum absolute atomic E-state index is 5.61. The Labute approximate surface area is 85.6 Å². The molecule has 0 amide bonds. The van der Waals surface area contributed by atoms with E-state index in [2.05, 4.69) is 30.3 Å². The summed E-state index contributed by atoms with van der Waals surface area (Å²) in [5.41, 5.74) is 9.73. The number of nitrogens with two attached hydrogens (primary N) is 1. The van der Waals surface area contributed by atoms with Crippen molar-refractivity contribution >= 4 is 6.08 Å². The van der Waals surface area contributed by atoms with E-state index in [0.29, 0.717) is 6.54 Å². The molecule has 0 unspecified atom stereocenters. The Morgan fingerprint density at radius 3 is 2.71 bits per heavy atom. The maximum atomic E-state index is 5.61. The van der Waals surface area contributed by atoms with Gasteiger partial charge in [-0.3, -0.25) is 0 Å². The summed E-state index contributed by atoms with van der Waals surface area (Å²) in [6.07, 6.45) is 7.62. The summed E-state index contributed by atoms with van der Waals surface area (Å²) in [5.74, 6) is 0. The molecule has 2 rings (SSSR count). The molecule has 0 heterocycles. The molecule has 1 nitrogen and oxygen atoms in total. The van der Waals surface area contributed by atoms with Crippen LogP contribution in [0.2, 0.25) is 0 Å². The second-order valence-corrected chi connectivity index (χ2v) is 3.96. The first-order valence-electron chi connectivity index (χ1n) is 5.37. The van der Waals surface area contributed by atoms with Gasteiger partial charge in [-0.05, 0) is 36.8 Å². The molecule has 74 valence electrons. The highest BCUT2D eigenvalue weighted by atomic mass is 14.5. The number of allylic oxidation sites excluding steroid dienone is 1. The van der Waals surface area contributed by atoms with Crippen LogP contribution in [0.25, 0.3) is 6.08 Å². The van der Waals surface area contributed by atoms with Crippen LogP contribution < -0.4 is 5.73 Å². The summed E-state index contributed by atoms with van der Waals surface area (Å²) < 4.78 is 0. The fourth-order valence-electron chi connectivity index (χ4n) is 2.02. The van der Waals surface area contributed by atoms with Gasteiger partial charge in [0, 0.05) is 6.54 Å². The highest BCUT2D eigenvalue weighted by molar-refractivity contribution is 5.54. The average molecular weight is 187 g/mol. The van der Waals surface area contributed by atoms with Crippen LogP contribution in [0.15, 0.2) is 29.8 Å². The van der Waals surface area contributed by atoms with Gasteiger partial charge in [0.15, 0.2) is 0 Å². The van der Waals surface area contributed by atoms with E-state index in [4.69, 9.17) is 5.73 Å². The van der Waals surface area contributed by atoms with Crippen LogP contribution >= 0.6 is 0 Å². The molecule has 0 radical (unpaired) electrons. The van der Waals surface area contributed by atoms with E-state index < -0.39 is 0 Å². The van der Waals surface area contributed by atoms with Crippen molar-refractivity contribution in [3.63, 3.8) is 0 Å². The van der Waals surface area contributed by atoms with Crippen molar-refractivity contribution in [2.24, 2.45) is 5.73 Å². The third-order valence-electron chi connectivity index (χ3n) is 2.80. The summed E-state index contributed by atoms with van der Waals surface area (Å²) >= 11 is 0. The first kappa shape index (κ1) is 9.47. The lowest BCUT2D eigenvalue weighted by atomic mass is 10.1. The largest absolute Gasteiger partial charge is 0.326 e. The highest BCUT2D eigenvalue weighted by Gasteiger charge is 2.05. The van der Waals surface area contributed by atoms with E-state index in [1.807, 2.05) is 0 Å². The van der Waals surface area contributed by atoms with Gasteiger partial charge in [-0.1, -0.05) is 35.9 Å². The van der Waals surface area contributed by atoms with Crippen molar-refractivity contribution < 1.29 is 0 Å². The van der Waals surface area contributed by atoms with E-state index in [1.165, 1.54) is 36.8 Å². The molecule has 1 aliphatic carbocycles. The lowest BCUT2D eigenvalue weighted by molar-refractivity contribution is 0.886. The molecule has 1 saturated carbocycles. The van der Waals surface area contributed by atoms with Gasteiger partial charge in [0.05, 0.1) is 0 Å². The molecule has 14 heavy (non-hydrogen) atoms. The van der Waals surface area contributed by atoms with E-state index in [0.717, 1.165) is 0 Å². The van der Waals surface area contributed by atoms with Crippen LogP contribution in [0.1, 0.15) is 36.8 Å². The smallest absolute Gasteiger partial charge is 0.0178 e. The lowest BCUT2D eigenvalue weighted by Gasteiger charge is -2.00. The Morgan fingerprint density at radius 2 is 2.00 bits per heavy atom. The number of benzene rings is 1. The van der Waals surface area contributed by atoms with Gasteiger partial charge in [-0.2, -0.15) is 0 Å². The molecule has 0 saturated heterocycles. The second-order valence-electron chi connectivity index (χ2n) is 3.96. The molecule has 2 N–H and O–H groups in total. The van der Waals surface area contributed by atoms with Crippen molar-refractivity contribution in [2.75, 3.05) is 0 Å². The van der Waals surface area contributed by atoms with Gasteiger partial charge >= 0.3 is 0 Å². The third-order valence-corrected chi connectivity index (χ3v) is 2.80. The van der Waals surface area contributed by atoms with Gasteiger partial charge in [-0.15, -0.1) is 0 Å². The van der Waals surface area contributed by atoms with E-state index >= 15 is 0 Å². The van der Waals surface area contributed by atoms with E-state index in [-0.39, 0.29) is 0 Å². The van der Waals surface area contributed by atoms with Crippen molar-refractivity contribution in [1.82, 2.24) is 0 Å².